The van der Waals surface area contributed by atoms with Crippen LogP contribution >= 0.6 is 0 Å². The summed E-state index contributed by atoms with van der Waals surface area (Å²) < 4.78 is 0. The second-order valence-electron chi connectivity index (χ2n) is 6.39. The van der Waals surface area contributed by atoms with Crippen molar-refractivity contribution in [1.82, 2.24) is 0 Å². The molecule has 0 atom stereocenters. The predicted molar refractivity (Wildman–Crippen MR) is 97.3 cm³/mol. The highest BCUT2D eigenvalue weighted by molar-refractivity contribution is 6.06. The first kappa shape index (κ1) is 15.4. The molecule has 0 radical (unpaired) electrons. The minimum absolute atomic E-state index is 0.0301. The molecule has 0 saturated heterocycles. The lowest BCUT2D eigenvalue weighted by Crippen LogP contribution is -2.46. The normalized spacial score (nSPS) is 15.7. The van der Waals surface area contributed by atoms with Crippen molar-refractivity contribution < 1.29 is 9.59 Å². The molecule has 126 valence electrons. The summed E-state index contributed by atoms with van der Waals surface area (Å²) in [5.74, 6) is -0.405. The molecule has 2 aliphatic heterocycles. The number of anilines is 2. The molecule has 2 aromatic carbocycles. The van der Waals surface area contributed by atoms with Crippen molar-refractivity contribution in [2.75, 3.05) is 22.9 Å². The van der Waals surface area contributed by atoms with Gasteiger partial charge in [-0.2, -0.15) is 0 Å². The molecular weight excluding hydrogens is 314 g/mol. The Labute approximate surface area is 146 Å². The van der Waals surface area contributed by atoms with Gasteiger partial charge in [-0.1, -0.05) is 42.5 Å². The minimum atomic E-state index is -0.435. The molecule has 0 spiro atoms. The number of nitrogens with two attached hydrogens (primary N) is 1. The molecule has 5 heteroatoms. The highest BCUT2D eigenvalue weighted by Crippen LogP contribution is 2.40. The first-order chi connectivity index (χ1) is 12.1. The van der Waals surface area contributed by atoms with E-state index in [-0.39, 0.29) is 12.5 Å². The van der Waals surface area contributed by atoms with Gasteiger partial charge in [0.1, 0.15) is 6.54 Å². The quantitative estimate of drug-likeness (QED) is 0.931. The molecule has 25 heavy (non-hydrogen) atoms. The van der Waals surface area contributed by atoms with E-state index in [1.807, 2.05) is 46.2 Å². The number of primary amides is 1. The number of rotatable bonds is 4. The van der Waals surface area contributed by atoms with Crippen LogP contribution in [0, 0.1) is 0 Å². The molecular formula is C20H19N3O2. The molecule has 2 aliphatic rings. The van der Waals surface area contributed by atoms with Crippen molar-refractivity contribution >= 4 is 23.2 Å². The summed E-state index contributed by atoms with van der Waals surface area (Å²) in [6, 6.07) is 16.1. The number of hydrogen-bond donors (Lipinski definition) is 1. The van der Waals surface area contributed by atoms with Crippen LogP contribution in [-0.4, -0.2) is 24.9 Å². The number of para-hydroxylation sites is 1. The number of carbonyl (C=O) groups excluding carboxylic acids is 2. The summed E-state index contributed by atoms with van der Waals surface area (Å²) in [6.07, 6.45) is 3.04. The first-order valence-corrected chi connectivity index (χ1v) is 8.37. The third-order valence-corrected chi connectivity index (χ3v) is 4.76. The maximum atomic E-state index is 12.7. The van der Waals surface area contributed by atoms with E-state index in [1.54, 1.807) is 6.20 Å². The molecule has 0 unspecified atom stereocenters. The minimum Gasteiger partial charge on any atom is -0.366 e. The fourth-order valence-electron chi connectivity index (χ4n) is 3.54. The van der Waals surface area contributed by atoms with E-state index in [1.165, 1.54) is 5.56 Å². The average molecular weight is 333 g/mol. The number of carbonyl (C=O) groups is 2. The molecule has 0 aromatic heterocycles. The van der Waals surface area contributed by atoms with E-state index in [2.05, 4.69) is 12.1 Å². The van der Waals surface area contributed by atoms with Crippen molar-refractivity contribution in [2.45, 2.75) is 12.8 Å². The third-order valence-electron chi connectivity index (χ3n) is 4.76. The zero-order valence-corrected chi connectivity index (χ0v) is 13.8. The van der Waals surface area contributed by atoms with Crippen molar-refractivity contribution in [1.29, 1.82) is 0 Å². The van der Waals surface area contributed by atoms with Crippen LogP contribution in [0.1, 0.15) is 11.1 Å². The van der Waals surface area contributed by atoms with Crippen molar-refractivity contribution in [3.05, 3.63) is 71.4 Å². The van der Waals surface area contributed by atoms with Gasteiger partial charge >= 0.3 is 0 Å². The van der Waals surface area contributed by atoms with Gasteiger partial charge in [0.05, 0.1) is 11.4 Å². The van der Waals surface area contributed by atoms with Crippen LogP contribution < -0.4 is 15.5 Å². The molecule has 2 amide bonds. The summed E-state index contributed by atoms with van der Waals surface area (Å²) in [5.41, 5.74) is 10.1. The van der Waals surface area contributed by atoms with Crippen molar-refractivity contribution in [3.8, 4) is 0 Å². The van der Waals surface area contributed by atoms with Gasteiger partial charge in [-0.05, 0) is 23.6 Å². The molecule has 2 aromatic rings. The average Bonchev–Trinajstić information content (AvgIpc) is 2.62. The second-order valence-corrected chi connectivity index (χ2v) is 6.39. The van der Waals surface area contributed by atoms with Gasteiger partial charge in [0, 0.05) is 24.7 Å². The standard InChI is InChI=1S/C20H19N3O2/c21-20(25)16-11-15-7-4-8-17-19(15)22(12-16)13-18(24)23(17)10-9-14-5-2-1-3-6-14/h1-8,12H,9-11,13H2,(H2,21,25). The van der Waals surface area contributed by atoms with Crippen LogP contribution in [0.4, 0.5) is 11.4 Å². The van der Waals surface area contributed by atoms with Gasteiger partial charge < -0.3 is 15.5 Å². The maximum absolute atomic E-state index is 12.7. The lowest BCUT2D eigenvalue weighted by atomic mass is 9.96. The molecule has 0 saturated carbocycles. The summed E-state index contributed by atoms with van der Waals surface area (Å²) >= 11 is 0. The molecule has 0 bridgehead atoms. The molecule has 0 fully saturated rings. The van der Waals surface area contributed by atoms with E-state index < -0.39 is 5.91 Å². The monoisotopic (exact) mass is 333 g/mol. The van der Waals surface area contributed by atoms with E-state index >= 15 is 0 Å². The Kier molecular flexibility index (Phi) is 3.76. The van der Waals surface area contributed by atoms with Crippen LogP contribution in [0.25, 0.3) is 0 Å². The van der Waals surface area contributed by atoms with E-state index in [4.69, 9.17) is 5.73 Å². The Morgan fingerprint density at radius 2 is 1.88 bits per heavy atom. The van der Waals surface area contributed by atoms with Crippen molar-refractivity contribution in [3.63, 3.8) is 0 Å². The smallest absolute Gasteiger partial charge is 0.246 e. The molecule has 2 N–H and O–H groups in total. The summed E-state index contributed by atoms with van der Waals surface area (Å²) in [5, 5.41) is 0. The zero-order chi connectivity index (χ0) is 17.4. The second kappa shape index (κ2) is 6.09. The molecule has 5 nitrogen and oxygen atoms in total. The van der Waals surface area contributed by atoms with Gasteiger partial charge in [-0.25, -0.2) is 0 Å². The summed E-state index contributed by atoms with van der Waals surface area (Å²) in [4.78, 5) is 28.0. The van der Waals surface area contributed by atoms with Crippen LogP contribution in [0.15, 0.2) is 60.3 Å². The van der Waals surface area contributed by atoms with E-state index in [9.17, 15) is 9.59 Å². The van der Waals surface area contributed by atoms with Gasteiger partial charge in [0.2, 0.25) is 11.8 Å². The van der Waals surface area contributed by atoms with Crippen LogP contribution in [0.2, 0.25) is 0 Å². The highest BCUT2D eigenvalue weighted by Gasteiger charge is 2.33. The summed E-state index contributed by atoms with van der Waals surface area (Å²) in [7, 11) is 0. The van der Waals surface area contributed by atoms with Gasteiger partial charge in [0.25, 0.3) is 0 Å². The number of hydrogen-bond acceptors (Lipinski definition) is 3. The van der Waals surface area contributed by atoms with Crippen LogP contribution in [0.5, 0.6) is 0 Å². The molecule has 4 rings (SSSR count). The Bertz CT molecular complexity index is 874. The summed E-state index contributed by atoms with van der Waals surface area (Å²) in [6.45, 7) is 0.870. The molecule has 0 aliphatic carbocycles. The predicted octanol–water partition coefficient (Wildman–Crippen LogP) is 2.01. The Morgan fingerprint density at radius 1 is 1.08 bits per heavy atom. The lowest BCUT2D eigenvalue weighted by molar-refractivity contribution is -0.117. The highest BCUT2D eigenvalue weighted by atomic mass is 16.2. The fraction of sp³-hybridized carbons (Fsp3) is 0.200. The Morgan fingerprint density at radius 3 is 2.64 bits per heavy atom. The number of benzene rings is 2. The van der Waals surface area contributed by atoms with Gasteiger partial charge in [-0.3, -0.25) is 9.59 Å². The van der Waals surface area contributed by atoms with Gasteiger partial charge in [-0.15, -0.1) is 0 Å². The molecule has 2 heterocycles. The maximum Gasteiger partial charge on any atom is 0.246 e. The van der Waals surface area contributed by atoms with Crippen molar-refractivity contribution in [2.24, 2.45) is 5.73 Å². The van der Waals surface area contributed by atoms with E-state index in [0.29, 0.717) is 18.5 Å². The fourth-order valence-corrected chi connectivity index (χ4v) is 3.54. The lowest BCUT2D eigenvalue weighted by Gasteiger charge is -2.39. The largest absolute Gasteiger partial charge is 0.366 e. The zero-order valence-electron chi connectivity index (χ0n) is 13.8. The SMILES string of the molecule is NC(=O)C1=CN2CC(=O)N(CCc3ccccc3)c3cccc(c32)C1. The van der Waals surface area contributed by atoms with E-state index in [0.717, 1.165) is 23.4 Å². The van der Waals surface area contributed by atoms with Crippen LogP contribution in [0.3, 0.4) is 0 Å². The van der Waals surface area contributed by atoms with Crippen LogP contribution in [-0.2, 0) is 22.4 Å². The number of amides is 2. The van der Waals surface area contributed by atoms with Gasteiger partial charge in [0.15, 0.2) is 0 Å². The third kappa shape index (κ3) is 2.78. The first-order valence-electron chi connectivity index (χ1n) is 8.37. The Hall–Kier alpha value is -3.08. The topological polar surface area (TPSA) is 66.6 Å². The number of nitrogens with zero attached hydrogens (tertiary/aromatic N) is 2. The Balaban J connectivity index is 1.66.